The molecule has 1 amide bonds. The first-order chi connectivity index (χ1) is 9.58. The molecule has 0 aliphatic carbocycles. The number of carbonyl (C=O) groups is 1. The van der Waals surface area contributed by atoms with Crippen LogP contribution in [0.1, 0.15) is 6.92 Å². The van der Waals surface area contributed by atoms with Crippen LogP contribution < -0.4 is 10.6 Å². The fourth-order valence-electron chi connectivity index (χ4n) is 1.69. The van der Waals surface area contributed by atoms with E-state index in [-0.39, 0.29) is 11.6 Å². The summed E-state index contributed by atoms with van der Waals surface area (Å²) in [6, 6.07) is 13.2. The summed E-state index contributed by atoms with van der Waals surface area (Å²) < 4.78 is 14.3. The van der Waals surface area contributed by atoms with E-state index < -0.39 is 11.9 Å². The van der Waals surface area contributed by atoms with Crippen molar-refractivity contribution in [3.8, 4) is 0 Å². The van der Waals surface area contributed by atoms with E-state index in [1.165, 1.54) is 6.07 Å². The van der Waals surface area contributed by atoms with Gasteiger partial charge in [-0.25, -0.2) is 4.39 Å². The quantitative estimate of drug-likeness (QED) is 0.885. The van der Waals surface area contributed by atoms with Gasteiger partial charge >= 0.3 is 0 Å². The average molecular weight is 337 g/mol. The van der Waals surface area contributed by atoms with Crippen LogP contribution in [0.4, 0.5) is 15.8 Å². The Morgan fingerprint density at radius 2 is 1.85 bits per heavy atom. The summed E-state index contributed by atoms with van der Waals surface area (Å²) in [6.45, 7) is 1.68. The third-order valence-electron chi connectivity index (χ3n) is 2.76. The Morgan fingerprint density at radius 3 is 2.50 bits per heavy atom. The van der Waals surface area contributed by atoms with Gasteiger partial charge in [-0.3, -0.25) is 4.79 Å². The van der Waals surface area contributed by atoms with Crippen LogP contribution in [-0.2, 0) is 4.79 Å². The minimum atomic E-state index is -0.566. The molecule has 1 unspecified atom stereocenters. The molecule has 0 spiro atoms. The second kappa shape index (κ2) is 6.52. The van der Waals surface area contributed by atoms with Crippen LogP contribution in [0.25, 0.3) is 0 Å². The summed E-state index contributed by atoms with van der Waals surface area (Å²) in [4.78, 5) is 12.0. The van der Waals surface area contributed by atoms with Crippen molar-refractivity contribution < 1.29 is 9.18 Å². The van der Waals surface area contributed by atoms with Gasteiger partial charge in [0, 0.05) is 10.2 Å². The highest BCUT2D eigenvalue weighted by Crippen LogP contribution is 2.25. The van der Waals surface area contributed by atoms with Crippen molar-refractivity contribution in [3.05, 3.63) is 58.8 Å². The second-order valence-corrected chi connectivity index (χ2v) is 5.17. The number of hydrogen-bond acceptors (Lipinski definition) is 2. The van der Waals surface area contributed by atoms with Gasteiger partial charge in [-0.2, -0.15) is 0 Å². The maximum atomic E-state index is 13.7. The standard InChI is InChI=1S/C15H14BrFN2O/c1-10(15(20)19-11-6-3-2-4-7-11)18-14-12(16)8-5-9-13(14)17/h2-10,18H,1H3,(H,19,20). The van der Waals surface area contributed by atoms with E-state index >= 15 is 0 Å². The lowest BCUT2D eigenvalue weighted by Crippen LogP contribution is -2.32. The first kappa shape index (κ1) is 14.5. The SMILES string of the molecule is CC(Nc1c(F)cccc1Br)C(=O)Nc1ccccc1. The number of anilines is 2. The molecule has 0 fully saturated rings. The zero-order chi connectivity index (χ0) is 14.5. The van der Waals surface area contributed by atoms with Gasteiger partial charge in [-0.1, -0.05) is 24.3 Å². The highest BCUT2D eigenvalue weighted by atomic mass is 79.9. The van der Waals surface area contributed by atoms with E-state index in [2.05, 4.69) is 26.6 Å². The van der Waals surface area contributed by atoms with Crippen molar-refractivity contribution >= 4 is 33.2 Å². The summed E-state index contributed by atoms with van der Waals surface area (Å²) >= 11 is 3.26. The number of para-hydroxylation sites is 2. The number of nitrogens with one attached hydrogen (secondary N) is 2. The monoisotopic (exact) mass is 336 g/mol. The number of rotatable bonds is 4. The van der Waals surface area contributed by atoms with Gasteiger partial charge in [0.05, 0.1) is 5.69 Å². The van der Waals surface area contributed by atoms with E-state index in [9.17, 15) is 9.18 Å². The summed E-state index contributed by atoms with van der Waals surface area (Å²) in [7, 11) is 0. The molecule has 0 saturated carbocycles. The molecule has 0 heterocycles. The number of amides is 1. The highest BCUT2D eigenvalue weighted by Gasteiger charge is 2.16. The van der Waals surface area contributed by atoms with Gasteiger partial charge in [-0.15, -0.1) is 0 Å². The predicted molar refractivity (Wildman–Crippen MR) is 82.3 cm³/mol. The maximum Gasteiger partial charge on any atom is 0.246 e. The van der Waals surface area contributed by atoms with Gasteiger partial charge < -0.3 is 10.6 Å². The third kappa shape index (κ3) is 3.57. The van der Waals surface area contributed by atoms with Gasteiger partial charge in [-0.05, 0) is 47.1 Å². The fourth-order valence-corrected chi connectivity index (χ4v) is 2.15. The van der Waals surface area contributed by atoms with Gasteiger partial charge in [0.25, 0.3) is 0 Å². The molecule has 20 heavy (non-hydrogen) atoms. The molecule has 2 aromatic carbocycles. The molecule has 3 nitrogen and oxygen atoms in total. The summed E-state index contributed by atoms with van der Waals surface area (Å²) in [5.41, 5.74) is 0.988. The van der Waals surface area contributed by atoms with Crippen LogP contribution >= 0.6 is 15.9 Å². The predicted octanol–water partition coefficient (Wildman–Crippen LogP) is 4.03. The van der Waals surface area contributed by atoms with Crippen molar-refractivity contribution in [2.45, 2.75) is 13.0 Å². The molecule has 0 aliphatic rings. The normalized spacial score (nSPS) is 11.8. The highest BCUT2D eigenvalue weighted by molar-refractivity contribution is 9.10. The lowest BCUT2D eigenvalue weighted by atomic mass is 10.2. The number of benzene rings is 2. The topological polar surface area (TPSA) is 41.1 Å². The zero-order valence-corrected chi connectivity index (χ0v) is 12.4. The van der Waals surface area contributed by atoms with Gasteiger partial charge in [0.15, 0.2) is 0 Å². The Bertz CT molecular complexity index is 584. The van der Waals surface area contributed by atoms with Crippen molar-refractivity contribution in [3.63, 3.8) is 0 Å². The molecule has 0 aromatic heterocycles. The van der Waals surface area contributed by atoms with E-state index in [0.717, 1.165) is 0 Å². The van der Waals surface area contributed by atoms with Crippen molar-refractivity contribution in [2.24, 2.45) is 0 Å². The molecule has 0 bridgehead atoms. The Hall–Kier alpha value is -1.88. The van der Waals surface area contributed by atoms with Crippen LogP contribution in [0.15, 0.2) is 53.0 Å². The average Bonchev–Trinajstić information content (AvgIpc) is 2.44. The smallest absolute Gasteiger partial charge is 0.246 e. The number of carbonyl (C=O) groups excluding carboxylic acids is 1. The molecule has 2 rings (SSSR count). The van der Waals surface area contributed by atoms with Crippen molar-refractivity contribution in [1.29, 1.82) is 0 Å². The molecule has 0 radical (unpaired) electrons. The summed E-state index contributed by atoms with van der Waals surface area (Å²) in [6.07, 6.45) is 0. The Morgan fingerprint density at radius 1 is 1.15 bits per heavy atom. The number of hydrogen-bond donors (Lipinski definition) is 2. The molecular weight excluding hydrogens is 323 g/mol. The molecule has 0 aliphatic heterocycles. The van der Waals surface area contributed by atoms with Crippen LogP contribution in [0, 0.1) is 5.82 Å². The van der Waals surface area contributed by atoms with Crippen LogP contribution in [0.2, 0.25) is 0 Å². The minimum Gasteiger partial charge on any atom is -0.371 e. The fraction of sp³-hybridized carbons (Fsp3) is 0.133. The van der Waals surface area contributed by atoms with Gasteiger partial charge in [0.1, 0.15) is 11.9 Å². The van der Waals surface area contributed by atoms with Crippen LogP contribution in [0.5, 0.6) is 0 Å². The van der Waals surface area contributed by atoms with E-state index in [4.69, 9.17) is 0 Å². The van der Waals surface area contributed by atoms with Crippen LogP contribution in [0.3, 0.4) is 0 Å². The summed E-state index contributed by atoms with van der Waals surface area (Å²) in [5.74, 6) is -0.634. The molecule has 5 heteroatoms. The molecule has 2 aromatic rings. The van der Waals surface area contributed by atoms with E-state index in [0.29, 0.717) is 10.2 Å². The van der Waals surface area contributed by atoms with Crippen LogP contribution in [-0.4, -0.2) is 11.9 Å². The number of halogens is 2. The Balaban J connectivity index is 2.05. The molecule has 0 saturated heterocycles. The molecular formula is C15H14BrFN2O. The zero-order valence-electron chi connectivity index (χ0n) is 10.9. The molecule has 1 atom stereocenters. The second-order valence-electron chi connectivity index (χ2n) is 4.32. The lowest BCUT2D eigenvalue weighted by Gasteiger charge is -2.16. The van der Waals surface area contributed by atoms with E-state index in [1.807, 2.05) is 18.2 Å². The van der Waals surface area contributed by atoms with Gasteiger partial charge in [0.2, 0.25) is 5.91 Å². The summed E-state index contributed by atoms with van der Waals surface area (Å²) in [5, 5.41) is 5.63. The largest absolute Gasteiger partial charge is 0.371 e. The van der Waals surface area contributed by atoms with E-state index in [1.54, 1.807) is 31.2 Å². The Kier molecular flexibility index (Phi) is 4.74. The van der Waals surface area contributed by atoms with Crippen molar-refractivity contribution in [2.75, 3.05) is 10.6 Å². The molecule has 2 N–H and O–H groups in total. The first-order valence-corrected chi connectivity index (χ1v) is 6.93. The maximum absolute atomic E-state index is 13.7. The first-order valence-electron chi connectivity index (χ1n) is 6.14. The van der Waals surface area contributed by atoms with Crippen molar-refractivity contribution in [1.82, 2.24) is 0 Å². The lowest BCUT2D eigenvalue weighted by molar-refractivity contribution is -0.116. The minimum absolute atomic E-state index is 0.230. The third-order valence-corrected chi connectivity index (χ3v) is 3.42. The Labute approximate surface area is 125 Å². The molecule has 104 valence electrons.